The van der Waals surface area contributed by atoms with Crippen LogP contribution >= 0.6 is 0 Å². The first-order valence-electron chi connectivity index (χ1n) is 5.14. The zero-order chi connectivity index (χ0) is 10.5. The van der Waals surface area contributed by atoms with Gasteiger partial charge in [-0.25, -0.2) is 0 Å². The molecule has 0 saturated heterocycles. The van der Waals surface area contributed by atoms with Gasteiger partial charge in [0.2, 0.25) is 0 Å². The Balaban J connectivity index is 2.49. The van der Waals surface area contributed by atoms with E-state index in [9.17, 15) is 0 Å². The molecule has 2 rings (SSSR count). The van der Waals surface area contributed by atoms with E-state index in [4.69, 9.17) is 4.99 Å². The number of allylic oxidation sites excluding steroid dienone is 3. The highest BCUT2D eigenvalue weighted by Gasteiger charge is 2.34. The molecule has 0 amide bonds. The largest absolute Gasteiger partial charge is 0.328 e. The number of nitrogens with zero attached hydrogens (tertiary/aromatic N) is 2. The van der Waals surface area contributed by atoms with Gasteiger partial charge < -0.3 is 4.90 Å². The van der Waals surface area contributed by atoms with E-state index in [1.807, 2.05) is 0 Å². The predicted molar refractivity (Wildman–Crippen MR) is 60.4 cm³/mol. The molecule has 0 atom stereocenters. The third-order valence-electron chi connectivity index (χ3n) is 2.97. The molecule has 0 fully saturated rings. The highest BCUT2D eigenvalue weighted by atomic mass is 15.3. The topological polar surface area (TPSA) is 15.6 Å². The van der Waals surface area contributed by atoms with E-state index in [1.165, 1.54) is 16.8 Å². The van der Waals surface area contributed by atoms with Crippen molar-refractivity contribution in [1.29, 1.82) is 0 Å². The van der Waals surface area contributed by atoms with Gasteiger partial charge in [-0.3, -0.25) is 4.99 Å². The third kappa shape index (κ3) is 1.29. The molecule has 2 heterocycles. The first kappa shape index (κ1) is 9.50. The summed E-state index contributed by atoms with van der Waals surface area (Å²) in [5.74, 6) is 1.16. The summed E-state index contributed by atoms with van der Waals surface area (Å²) in [6.45, 7) is 11.9. The SMILES string of the molecule is CC1=CC(C)=C(C)N2CC(C)(C)N=C12. The maximum atomic E-state index is 4.75. The number of rotatable bonds is 0. The molecule has 2 aliphatic heterocycles. The summed E-state index contributed by atoms with van der Waals surface area (Å²) < 4.78 is 0. The lowest BCUT2D eigenvalue weighted by Gasteiger charge is -2.28. The lowest BCUT2D eigenvalue weighted by Crippen LogP contribution is -2.33. The van der Waals surface area contributed by atoms with Gasteiger partial charge in [0.25, 0.3) is 0 Å². The second kappa shape index (κ2) is 2.72. The molecule has 14 heavy (non-hydrogen) atoms. The molecule has 0 spiro atoms. The number of hydrogen-bond donors (Lipinski definition) is 0. The van der Waals surface area contributed by atoms with Crippen molar-refractivity contribution in [2.75, 3.05) is 6.54 Å². The van der Waals surface area contributed by atoms with Gasteiger partial charge in [0, 0.05) is 12.2 Å². The van der Waals surface area contributed by atoms with Crippen LogP contribution in [0.25, 0.3) is 0 Å². The Morgan fingerprint density at radius 3 is 2.57 bits per heavy atom. The van der Waals surface area contributed by atoms with Crippen LogP contribution in [-0.4, -0.2) is 22.8 Å². The molecular formula is C12H18N2. The van der Waals surface area contributed by atoms with E-state index >= 15 is 0 Å². The Kier molecular flexibility index (Phi) is 1.85. The monoisotopic (exact) mass is 190 g/mol. The van der Waals surface area contributed by atoms with E-state index in [2.05, 4.69) is 45.6 Å². The molecule has 0 saturated carbocycles. The van der Waals surface area contributed by atoms with Gasteiger partial charge in [0.05, 0.1) is 5.54 Å². The van der Waals surface area contributed by atoms with Crippen LogP contribution in [0, 0.1) is 0 Å². The van der Waals surface area contributed by atoms with Crippen molar-refractivity contribution in [3.05, 3.63) is 22.9 Å². The minimum atomic E-state index is 0.0658. The van der Waals surface area contributed by atoms with Crippen LogP contribution in [0.15, 0.2) is 27.9 Å². The lowest BCUT2D eigenvalue weighted by molar-refractivity contribution is 0.428. The first-order valence-corrected chi connectivity index (χ1v) is 5.14. The second-order valence-corrected chi connectivity index (χ2v) is 4.93. The molecule has 2 aliphatic rings. The standard InChI is InChI=1S/C12H18N2/c1-8-6-9(2)11-13-12(4,5)7-14(11)10(8)3/h6H,7H2,1-5H3. The average Bonchev–Trinajstić information content (AvgIpc) is 2.38. The van der Waals surface area contributed by atoms with Crippen molar-refractivity contribution in [3.63, 3.8) is 0 Å². The van der Waals surface area contributed by atoms with E-state index in [0.717, 1.165) is 12.4 Å². The zero-order valence-electron chi connectivity index (χ0n) is 9.68. The Morgan fingerprint density at radius 2 is 1.93 bits per heavy atom. The zero-order valence-corrected chi connectivity index (χ0v) is 9.68. The van der Waals surface area contributed by atoms with Crippen LogP contribution in [-0.2, 0) is 0 Å². The number of fused-ring (bicyclic) bond motifs is 1. The Hall–Kier alpha value is -1.05. The van der Waals surface area contributed by atoms with Crippen LogP contribution < -0.4 is 0 Å². The van der Waals surface area contributed by atoms with Gasteiger partial charge in [-0.05, 0) is 45.8 Å². The molecular weight excluding hydrogens is 172 g/mol. The molecule has 0 aromatic rings. The average molecular weight is 190 g/mol. The summed E-state index contributed by atoms with van der Waals surface area (Å²) in [6, 6.07) is 0. The maximum absolute atomic E-state index is 4.75. The van der Waals surface area contributed by atoms with E-state index in [-0.39, 0.29) is 5.54 Å². The Bertz CT molecular complexity index is 370. The van der Waals surface area contributed by atoms with Crippen molar-refractivity contribution < 1.29 is 0 Å². The predicted octanol–water partition coefficient (Wildman–Crippen LogP) is 2.73. The van der Waals surface area contributed by atoms with Gasteiger partial charge in [-0.2, -0.15) is 0 Å². The second-order valence-electron chi connectivity index (χ2n) is 4.93. The molecule has 2 heteroatoms. The van der Waals surface area contributed by atoms with Crippen LogP contribution in [0.5, 0.6) is 0 Å². The molecule has 0 N–H and O–H groups in total. The van der Waals surface area contributed by atoms with Crippen molar-refractivity contribution in [3.8, 4) is 0 Å². The summed E-state index contributed by atoms with van der Waals surface area (Å²) in [7, 11) is 0. The molecule has 0 aromatic heterocycles. The minimum Gasteiger partial charge on any atom is -0.328 e. The highest BCUT2D eigenvalue weighted by Crippen LogP contribution is 2.31. The number of hydrogen-bond acceptors (Lipinski definition) is 2. The number of aliphatic imine (C=N–C) groups is 1. The first-order chi connectivity index (χ1) is 6.41. The van der Waals surface area contributed by atoms with Crippen LogP contribution in [0.3, 0.4) is 0 Å². The van der Waals surface area contributed by atoms with E-state index < -0.39 is 0 Å². The van der Waals surface area contributed by atoms with Gasteiger partial charge in [0.1, 0.15) is 5.84 Å². The summed E-state index contributed by atoms with van der Waals surface area (Å²) in [4.78, 5) is 7.09. The normalized spacial score (nSPS) is 24.8. The number of amidine groups is 1. The van der Waals surface area contributed by atoms with Gasteiger partial charge in [0.15, 0.2) is 0 Å². The Morgan fingerprint density at radius 1 is 1.29 bits per heavy atom. The fourth-order valence-electron chi connectivity index (χ4n) is 2.13. The summed E-state index contributed by atoms with van der Waals surface area (Å²) >= 11 is 0. The van der Waals surface area contributed by atoms with Gasteiger partial charge >= 0.3 is 0 Å². The van der Waals surface area contributed by atoms with E-state index in [1.54, 1.807) is 0 Å². The summed E-state index contributed by atoms with van der Waals surface area (Å²) in [5.41, 5.74) is 4.06. The van der Waals surface area contributed by atoms with Crippen molar-refractivity contribution >= 4 is 5.84 Å². The molecule has 0 bridgehead atoms. The quantitative estimate of drug-likeness (QED) is 0.573. The van der Waals surface area contributed by atoms with Gasteiger partial charge in [-0.15, -0.1) is 0 Å². The van der Waals surface area contributed by atoms with Crippen molar-refractivity contribution in [1.82, 2.24) is 4.90 Å². The van der Waals surface area contributed by atoms with Crippen LogP contribution in [0.2, 0.25) is 0 Å². The molecule has 0 aliphatic carbocycles. The summed E-state index contributed by atoms with van der Waals surface area (Å²) in [5, 5.41) is 0. The van der Waals surface area contributed by atoms with Crippen LogP contribution in [0.1, 0.15) is 34.6 Å². The lowest BCUT2D eigenvalue weighted by atomic mass is 10.0. The smallest absolute Gasteiger partial charge is 0.131 e. The Labute approximate surface area is 86.0 Å². The van der Waals surface area contributed by atoms with Gasteiger partial charge in [-0.1, -0.05) is 6.08 Å². The molecule has 0 unspecified atom stereocenters. The fourth-order valence-corrected chi connectivity index (χ4v) is 2.13. The highest BCUT2D eigenvalue weighted by molar-refractivity contribution is 6.02. The maximum Gasteiger partial charge on any atom is 0.131 e. The third-order valence-corrected chi connectivity index (χ3v) is 2.97. The van der Waals surface area contributed by atoms with Crippen molar-refractivity contribution in [2.45, 2.75) is 40.2 Å². The van der Waals surface area contributed by atoms with Crippen molar-refractivity contribution in [2.24, 2.45) is 4.99 Å². The van der Waals surface area contributed by atoms with E-state index in [0.29, 0.717) is 0 Å². The molecule has 2 nitrogen and oxygen atoms in total. The molecule has 76 valence electrons. The minimum absolute atomic E-state index is 0.0658. The molecule has 0 radical (unpaired) electrons. The summed E-state index contributed by atoms with van der Waals surface area (Å²) in [6.07, 6.45) is 2.23. The van der Waals surface area contributed by atoms with Crippen LogP contribution in [0.4, 0.5) is 0 Å². The fraction of sp³-hybridized carbons (Fsp3) is 0.583. The molecule has 0 aromatic carbocycles.